The Bertz CT molecular complexity index is 357. The molecular weight excluding hydrogens is 234 g/mol. The molecule has 1 unspecified atom stereocenters. The van der Waals surface area contributed by atoms with Crippen LogP contribution >= 0.6 is 0 Å². The van der Waals surface area contributed by atoms with Gasteiger partial charge >= 0.3 is 6.61 Å². The number of ether oxygens (including phenoxy) is 2. The lowest BCUT2D eigenvalue weighted by Gasteiger charge is -2.14. The number of hydrogen-bond acceptors (Lipinski definition) is 4. The number of halogens is 2. The highest BCUT2D eigenvalue weighted by Crippen LogP contribution is 2.32. The minimum absolute atomic E-state index is 0.0950. The Hall–Kier alpha value is -1.40. The Kier molecular flexibility index (Phi) is 5.11. The van der Waals surface area contributed by atoms with Crippen LogP contribution in [0.1, 0.15) is 18.1 Å². The molecule has 0 heterocycles. The second-order valence-electron chi connectivity index (χ2n) is 3.32. The third kappa shape index (κ3) is 3.83. The summed E-state index contributed by atoms with van der Waals surface area (Å²) in [4.78, 5) is 0. The average Bonchev–Trinajstić information content (AvgIpc) is 2.29. The molecule has 0 fully saturated rings. The second kappa shape index (κ2) is 6.36. The van der Waals surface area contributed by atoms with Crippen LogP contribution in [0.5, 0.6) is 11.5 Å². The Morgan fingerprint density at radius 2 is 2.00 bits per heavy atom. The SMILES string of the molecule is COc1cc(C(O)CCO)ccc1OC(F)F. The molecular formula is C11H14F2O4. The molecule has 0 saturated heterocycles. The Morgan fingerprint density at radius 3 is 2.53 bits per heavy atom. The maximum Gasteiger partial charge on any atom is 0.387 e. The minimum Gasteiger partial charge on any atom is -0.493 e. The highest BCUT2D eigenvalue weighted by molar-refractivity contribution is 5.43. The monoisotopic (exact) mass is 248 g/mol. The van der Waals surface area contributed by atoms with Crippen LogP contribution in [0.25, 0.3) is 0 Å². The molecule has 1 aromatic carbocycles. The van der Waals surface area contributed by atoms with Crippen LogP contribution in [0.3, 0.4) is 0 Å². The number of hydrogen-bond donors (Lipinski definition) is 2. The van der Waals surface area contributed by atoms with E-state index in [2.05, 4.69) is 4.74 Å². The van der Waals surface area contributed by atoms with Crippen LogP contribution < -0.4 is 9.47 Å². The van der Waals surface area contributed by atoms with Gasteiger partial charge in [-0.3, -0.25) is 0 Å². The summed E-state index contributed by atoms with van der Waals surface area (Å²) >= 11 is 0. The van der Waals surface area contributed by atoms with Gasteiger partial charge < -0.3 is 19.7 Å². The van der Waals surface area contributed by atoms with Crippen molar-refractivity contribution in [1.82, 2.24) is 0 Å². The molecule has 0 spiro atoms. The summed E-state index contributed by atoms with van der Waals surface area (Å²) < 4.78 is 33.2. The topological polar surface area (TPSA) is 58.9 Å². The maximum atomic E-state index is 12.1. The summed E-state index contributed by atoms with van der Waals surface area (Å²) in [7, 11) is 1.32. The Balaban J connectivity index is 2.91. The third-order valence-corrected chi connectivity index (χ3v) is 2.19. The van der Waals surface area contributed by atoms with Gasteiger partial charge in [0, 0.05) is 13.0 Å². The first-order chi connectivity index (χ1) is 8.08. The van der Waals surface area contributed by atoms with Crippen molar-refractivity contribution in [2.45, 2.75) is 19.1 Å². The van der Waals surface area contributed by atoms with E-state index in [-0.39, 0.29) is 24.5 Å². The van der Waals surface area contributed by atoms with E-state index >= 15 is 0 Å². The lowest BCUT2D eigenvalue weighted by molar-refractivity contribution is -0.0512. The summed E-state index contributed by atoms with van der Waals surface area (Å²) in [5, 5.41) is 18.3. The molecule has 0 radical (unpaired) electrons. The quantitative estimate of drug-likeness (QED) is 0.804. The molecule has 0 bridgehead atoms. The van der Waals surface area contributed by atoms with Crippen LogP contribution in [0, 0.1) is 0 Å². The van der Waals surface area contributed by atoms with Gasteiger partial charge in [0.25, 0.3) is 0 Å². The Morgan fingerprint density at radius 1 is 1.29 bits per heavy atom. The first-order valence-corrected chi connectivity index (χ1v) is 5.00. The number of aliphatic hydroxyl groups is 2. The predicted molar refractivity (Wildman–Crippen MR) is 56.3 cm³/mol. The van der Waals surface area contributed by atoms with Crippen molar-refractivity contribution in [3.8, 4) is 11.5 Å². The maximum absolute atomic E-state index is 12.1. The van der Waals surface area contributed by atoms with E-state index in [1.807, 2.05) is 0 Å². The van der Waals surface area contributed by atoms with E-state index in [1.165, 1.54) is 25.3 Å². The molecule has 2 N–H and O–H groups in total. The fraction of sp³-hybridized carbons (Fsp3) is 0.455. The van der Waals surface area contributed by atoms with Crippen LogP contribution in [0.15, 0.2) is 18.2 Å². The van der Waals surface area contributed by atoms with Gasteiger partial charge in [-0.25, -0.2) is 0 Å². The molecule has 0 saturated carbocycles. The van der Waals surface area contributed by atoms with Gasteiger partial charge in [0.1, 0.15) is 0 Å². The van der Waals surface area contributed by atoms with Crippen LogP contribution in [0.2, 0.25) is 0 Å². The van der Waals surface area contributed by atoms with Crippen molar-refractivity contribution >= 4 is 0 Å². The molecule has 0 aliphatic carbocycles. The molecule has 0 aliphatic rings. The first-order valence-electron chi connectivity index (χ1n) is 5.00. The highest BCUT2D eigenvalue weighted by atomic mass is 19.3. The van der Waals surface area contributed by atoms with Gasteiger partial charge in [0.15, 0.2) is 11.5 Å². The smallest absolute Gasteiger partial charge is 0.387 e. The zero-order valence-corrected chi connectivity index (χ0v) is 9.27. The summed E-state index contributed by atoms with van der Waals surface area (Å²) in [6, 6.07) is 4.14. The molecule has 1 aromatic rings. The van der Waals surface area contributed by atoms with Crippen molar-refractivity contribution in [2.24, 2.45) is 0 Å². The van der Waals surface area contributed by atoms with Gasteiger partial charge in [-0.1, -0.05) is 6.07 Å². The molecule has 6 heteroatoms. The van der Waals surface area contributed by atoms with E-state index in [0.29, 0.717) is 5.56 Å². The van der Waals surface area contributed by atoms with Gasteiger partial charge in [-0.2, -0.15) is 8.78 Å². The second-order valence-corrected chi connectivity index (χ2v) is 3.32. The number of benzene rings is 1. The standard InChI is InChI=1S/C11H14F2O4/c1-16-10-6-7(8(15)4-5-14)2-3-9(10)17-11(12)13/h2-3,6,8,11,14-15H,4-5H2,1H3. The van der Waals surface area contributed by atoms with E-state index in [4.69, 9.17) is 9.84 Å². The summed E-state index contributed by atoms with van der Waals surface area (Å²) in [6.07, 6.45) is -0.701. The van der Waals surface area contributed by atoms with Gasteiger partial charge in [-0.05, 0) is 17.7 Å². The van der Waals surface area contributed by atoms with E-state index < -0.39 is 12.7 Å². The first kappa shape index (κ1) is 13.7. The van der Waals surface area contributed by atoms with Crippen LogP contribution in [0.4, 0.5) is 8.78 Å². The largest absolute Gasteiger partial charge is 0.493 e. The van der Waals surface area contributed by atoms with Crippen LogP contribution in [-0.4, -0.2) is 30.5 Å². The van der Waals surface area contributed by atoms with Crippen molar-refractivity contribution in [3.63, 3.8) is 0 Å². The van der Waals surface area contributed by atoms with Crippen molar-refractivity contribution in [1.29, 1.82) is 0 Å². The van der Waals surface area contributed by atoms with Crippen molar-refractivity contribution < 1.29 is 28.5 Å². The molecule has 1 atom stereocenters. The Labute approximate surface area is 97.4 Å². The zero-order valence-electron chi connectivity index (χ0n) is 9.27. The van der Waals surface area contributed by atoms with E-state index in [9.17, 15) is 13.9 Å². The summed E-state index contributed by atoms with van der Waals surface area (Å²) in [5.74, 6) is 0.0160. The predicted octanol–water partition coefficient (Wildman–Crippen LogP) is 1.71. The van der Waals surface area contributed by atoms with Gasteiger partial charge in [0.05, 0.1) is 13.2 Å². The molecule has 0 aromatic heterocycles. The normalized spacial score (nSPS) is 12.6. The highest BCUT2D eigenvalue weighted by Gasteiger charge is 2.14. The molecule has 4 nitrogen and oxygen atoms in total. The average molecular weight is 248 g/mol. The third-order valence-electron chi connectivity index (χ3n) is 2.19. The lowest BCUT2D eigenvalue weighted by atomic mass is 10.1. The fourth-order valence-electron chi connectivity index (χ4n) is 1.37. The molecule has 17 heavy (non-hydrogen) atoms. The molecule has 0 aliphatic heterocycles. The molecule has 0 amide bonds. The van der Waals surface area contributed by atoms with Gasteiger partial charge in [-0.15, -0.1) is 0 Å². The molecule has 96 valence electrons. The van der Waals surface area contributed by atoms with E-state index in [0.717, 1.165) is 0 Å². The number of alkyl halides is 2. The molecule has 1 rings (SSSR count). The zero-order chi connectivity index (χ0) is 12.8. The summed E-state index contributed by atoms with van der Waals surface area (Å²) in [6.45, 7) is -3.10. The number of aliphatic hydroxyl groups excluding tert-OH is 2. The lowest BCUT2D eigenvalue weighted by Crippen LogP contribution is -2.05. The number of rotatable bonds is 6. The fourth-order valence-corrected chi connectivity index (χ4v) is 1.37. The van der Waals surface area contributed by atoms with Crippen molar-refractivity contribution in [2.75, 3.05) is 13.7 Å². The minimum atomic E-state index is -2.93. The van der Waals surface area contributed by atoms with Crippen LogP contribution in [-0.2, 0) is 0 Å². The number of methoxy groups -OCH3 is 1. The van der Waals surface area contributed by atoms with E-state index in [1.54, 1.807) is 0 Å². The van der Waals surface area contributed by atoms with Crippen molar-refractivity contribution in [3.05, 3.63) is 23.8 Å². The summed E-state index contributed by atoms with van der Waals surface area (Å²) in [5.41, 5.74) is 0.470. The van der Waals surface area contributed by atoms with Gasteiger partial charge in [0.2, 0.25) is 0 Å².